The molecule has 5 rings (SSSR count). The first-order valence-electron chi connectivity index (χ1n) is 6.70. The van der Waals surface area contributed by atoms with Crippen LogP contribution in [0.2, 0.25) is 0 Å². The summed E-state index contributed by atoms with van der Waals surface area (Å²) in [6.45, 7) is 0. The van der Waals surface area contributed by atoms with Crippen LogP contribution in [0.3, 0.4) is 0 Å². The summed E-state index contributed by atoms with van der Waals surface area (Å²) in [7, 11) is 0. The average molecular weight is 257 g/mol. The van der Waals surface area contributed by atoms with Crippen LogP contribution in [-0.2, 0) is 0 Å². The van der Waals surface area contributed by atoms with Gasteiger partial charge in [-0.25, -0.2) is 0 Å². The largest absolute Gasteiger partial charge is 0.508 e. The van der Waals surface area contributed by atoms with Gasteiger partial charge in [0.1, 0.15) is 5.75 Å². The van der Waals surface area contributed by atoms with Crippen LogP contribution >= 0.6 is 0 Å². The van der Waals surface area contributed by atoms with E-state index in [1.54, 1.807) is 6.07 Å². The standard InChI is InChI=1S/C18H11NO/c20-11-8-9-13-15-6-3-5-14-12-4-1-2-7-16(12)19(18(14)15)17(13)10-11/h1-10,20H. The highest BCUT2D eigenvalue weighted by Gasteiger charge is 2.16. The second kappa shape index (κ2) is 3.23. The van der Waals surface area contributed by atoms with Crippen molar-refractivity contribution < 1.29 is 5.11 Å². The Morgan fingerprint density at radius 1 is 0.650 bits per heavy atom. The lowest BCUT2D eigenvalue weighted by Gasteiger charge is -1.97. The minimum atomic E-state index is 0.308. The van der Waals surface area contributed by atoms with Crippen LogP contribution in [0.25, 0.3) is 38.1 Å². The van der Waals surface area contributed by atoms with Gasteiger partial charge in [-0.15, -0.1) is 0 Å². The van der Waals surface area contributed by atoms with E-state index in [2.05, 4.69) is 46.9 Å². The molecular formula is C18H11NO. The van der Waals surface area contributed by atoms with E-state index in [0.717, 1.165) is 5.52 Å². The minimum Gasteiger partial charge on any atom is -0.508 e. The maximum atomic E-state index is 9.83. The molecule has 0 aliphatic carbocycles. The van der Waals surface area contributed by atoms with Crippen LogP contribution < -0.4 is 0 Å². The number of aromatic hydroxyl groups is 1. The number of benzene rings is 3. The van der Waals surface area contributed by atoms with Crippen LogP contribution in [0.1, 0.15) is 0 Å². The van der Waals surface area contributed by atoms with Crippen LogP contribution in [0.4, 0.5) is 0 Å². The van der Waals surface area contributed by atoms with Crippen molar-refractivity contribution in [2.24, 2.45) is 0 Å². The van der Waals surface area contributed by atoms with Gasteiger partial charge < -0.3 is 9.51 Å². The Hall–Kier alpha value is -2.74. The highest BCUT2D eigenvalue weighted by molar-refractivity contribution is 6.23. The molecule has 0 saturated carbocycles. The first kappa shape index (κ1) is 10.1. The van der Waals surface area contributed by atoms with Crippen molar-refractivity contribution in [1.82, 2.24) is 4.40 Å². The van der Waals surface area contributed by atoms with E-state index in [1.807, 2.05) is 12.1 Å². The third-order valence-electron chi connectivity index (χ3n) is 4.21. The van der Waals surface area contributed by atoms with E-state index in [0.29, 0.717) is 5.75 Å². The molecule has 20 heavy (non-hydrogen) atoms. The Labute approximate surface area is 114 Å². The number of fused-ring (bicyclic) bond motifs is 6. The summed E-state index contributed by atoms with van der Waals surface area (Å²) >= 11 is 0. The molecule has 0 spiro atoms. The van der Waals surface area contributed by atoms with Crippen molar-refractivity contribution in [3.05, 3.63) is 60.7 Å². The fraction of sp³-hybridized carbons (Fsp3) is 0. The van der Waals surface area contributed by atoms with Gasteiger partial charge in [0.15, 0.2) is 0 Å². The highest BCUT2D eigenvalue weighted by atomic mass is 16.3. The van der Waals surface area contributed by atoms with E-state index in [1.165, 1.54) is 32.6 Å². The summed E-state index contributed by atoms with van der Waals surface area (Å²) < 4.78 is 2.26. The number of rotatable bonds is 0. The summed E-state index contributed by atoms with van der Waals surface area (Å²) in [6.07, 6.45) is 0. The highest BCUT2D eigenvalue weighted by Crippen LogP contribution is 2.39. The molecule has 0 bridgehead atoms. The summed E-state index contributed by atoms with van der Waals surface area (Å²) in [5.41, 5.74) is 3.51. The molecule has 94 valence electrons. The predicted octanol–water partition coefficient (Wildman–Crippen LogP) is 4.54. The number of phenols is 1. The van der Waals surface area contributed by atoms with Gasteiger partial charge >= 0.3 is 0 Å². The number of para-hydroxylation sites is 2. The third kappa shape index (κ3) is 1.02. The van der Waals surface area contributed by atoms with Gasteiger partial charge in [0.25, 0.3) is 0 Å². The Morgan fingerprint density at radius 2 is 1.35 bits per heavy atom. The van der Waals surface area contributed by atoms with Gasteiger partial charge in [0, 0.05) is 27.6 Å². The molecule has 0 unspecified atom stereocenters. The summed E-state index contributed by atoms with van der Waals surface area (Å²) in [4.78, 5) is 0. The zero-order valence-corrected chi connectivity index (χ0v) is 10.7. The minimum absolute atomic E-state index is 0.308. The molecule has 2 heterocycles. The number of nitrogens with zero attached hydrogens (tertiary/aromatic N) is 1. The van der Waals surface area contributed by atoms with E-state index in [4.69, 9.17) is 0 Å². The number of hydrogen-bond acceptors (Lipinski definition) is 1. The molecule has 0 saturated heterocycles. The SMILES string of the molecule is Oc1ccc2c3cccc4c5ccccc5n(c2c1)c43. The Bertz CT molecular complexity index is 1100. The monoisotopic (exact) mass is 257 g/mol. The van der Waals surface area contributed by atoms with Gasteiger partial charge in [-0.3, -0.25) is 0 Å². The number of aromatic nitrogens is 1. The van der Waals surface area contributed by atoms with Crippen LogP contribution in [0, 0.1) is 0 Å². The predicted molar refractivity (Wildman–Crippen MR) is 82.8 cm³/mol. The number of hydrogen-bond donors (Lipinski definition) is 1. The van der Waals surface area contributed by atoms with Gasteiger partial charge in [-0.05, 0) is 18.2 Å². The maximum Gasteiger partial charge on any atom is 0.117 e. The molecule has 0 amide bonds. The van der Waals surface area contributed by atoms with Crippen LogP contribution in [0.15, 0.2) is 60.7 Å². The zero-order valence-electron chi connectivity index (χ0n) is 10.7. The van der Waals surface area contributed by atoms with E-state index >= 15 is 0 Å². The first-order valence-corrected chi connectivity index (χ1v) is 6.70. The molecule has 2 aromatic heterocycles. The Balaban J connectivity index is 2.28. The molecule has 0 fully saturated rings. The summed E-state index contributed by atoms with van der Waals surface area (Å²) in [5.74, 6) is 0.308. The van der Waals surface area contributed by atoms with Crippen molar-refractivity contribution in [3.8, 4) is 5.75 Å². The fourth-order valence-corrected chi connectivity index (χ4v) is 3.42. The van der Waals surface area contributed by atoms with Crippen molar-refractivity contribution in [2.45, 2.75) is 0 Å². The lowest BCUT2D eigenvalue weighted by Crippen LogP contribution is -1.79. The lowest BCUT2D eigenvalue weighted by atomic mass is 10.1. The molecule has 5 aromatic rings. The molecule has 3 aromatic carbocycles. The topological polar surface area (TPSA) is 24.6 Å². The van der Waals surface area contributed by atoms with Crippen molar-refractivity contribution in [1.29, 1.82) is 0 Å². The summed E-state index contributed by atoms with van der Waals surface area (Å²) in [6, 6.07) is 20.5. The van der Waals surface area contributed by atoms with Gasteiger partial charge in [-0.1, -0.05) is 36.4 Å². The normalized spacial score (nSPS) is 12.2. The second-order valence-corrected chi connectivity index (χ2v) is 5.26. The molecule has 2 heteroatoms. The van der Waals surface area contributed by atoms with Gasteiger partial charge in [-0.2, -0.15) is 0 Å². The smallest absolute Gasteiger partial charge is 0.117 e. The van der Waals surface area contributed by atoms with Crippen molar-refractivity contribution in [3.63, 3.8) is 0 Å². The molecule has 1 N–H and O–H groups in total. The average Bonchev–Trinajstić information content (AvgIpc) is 2.98. The first-order chi connectivity index (χ1) is 9.84. The molecule has 2 nitrogen and oxygen atoms in total. The summed E-state index contributed by atoms with van der Waals surface area (Å²) in [5, 5.41) is 14.8. The lowest BCUT2D eigenvalue weighted by molar-refractivity contribution is 0.476. The molecular weight excluding hydrogens is 246 g/mol. The quantitative estimate of drug-likeness (QED) is 0.432. The van der Waals surface area contributed by atoms with Crippen LogP contribution in [0.5, 0.6) is 5.75 Å². The molecule has 0 atom stereocenters. The molecule has 0 radical (unpaired) electrons. The van der Waals surface area contributed by atoms with E-state index in [9.17, 15) is 5.11 Å². The fourth-order valence-electron chi connectivity index (χ4n) is 3.42. The van der Waals surface area contributed by atoms with Crippen LogP contribution in [-0.4, -0.2) is 9.51 Å². The molecule has 0 aliphatic heterocycles. The van der Waals surface area contributed by atoms with E-state index in [-0.39, 0.29) is 0 Å². The maximum absolute atomic E-state index is 9.83. The third-order valence-corrected chi connectivity index (χ3v) is 4.21. The Morgan fingerprint density at radius 3 is 2.20 bits per heavy atom. The van der Waals surface area contributed by atoms with Gasteiger partial charge in [0.2, 0.25) is 0 Å². The van der Waals surface area contributed by atoms with Crippen molar-refractivity contribution in [2.75, 3.05) is 0 Å². The van der Waals surface area contributed by atoms with Gasteiger partial charge in [0.05, 0.1) is 16.6 Å². The molecule has 0 aliphatic rings. The van der Waals surface area contributed by atoms with Crippen molar-refractivity contribution >= 4 is 38.1 Å². The second-order valence-electron chi connectivity index (χ2n) is 5.26. The number of phenolic OH excluding ortho intramolecular Hbond substituents is 1. The van der Waals surface area contributed by atoms with E-state index < -0.39 is 0 Å². The Kier molecular flexibility index (Phi) is 1.63. The zero-order chi connectivity index (χ0) is 13.3.